The van der Waals surface area contributed by atoms with Crippen LogP contribution in [0.15, 0.2) is 24.3 Å². The molecule has 6 heteroatoms. The number of rotatable bonds is 3. The molecule has 0 aliphatic carbocycles. The summed E-state index contributed by atoms with van der Waals surface area (Å²) in [5.41, 5.74) is 6.34. The van der Waals surface area contributed by atoms with Gasteiger partial charge in [-0.2, -0.15) is 0 Å². The number of anilines is 1. The summed E-state index contributed by atoms with van der Waals surface area (Å²) in [7, 11) is -3.49. The fourth-order valence-corrected chi connectivity index (χ4v) is 1.90. The van der Waals surface area contributed by atoms with Crippen LogP contribution in [0.3, 0.4) is 0 Å². The molecule has 0 amide bonds. The molecule has 0 saturated heterocycles. The van der Waals surface area contributed by atoms with Crippen LogP contribution in [0.2, 0.25) is 0 Å². The van der Waals surface area contributed by atoms with E-state index in [2.05, 4.69) is 0 Å². The summed E-state index contributed by atoms with van der Waals surface area (Å²) in [6.45, 7) is 0. The highest BCUT2D eigenvalue weighted by molar-refractivity contribution is 7.92. The summed E-state index contributed by atoms with van der Waals surface area (Å²) in [5.74, 6) is 0. The van der Waals surface area contributed by atoms with Crippen molar-refractivity contribution in [2.24, 2.45) is 0 Å². The molecule has 0 unspecified atom stereocenters. The minimum absolute atomic E-state index is 0.389. The summed E-state index contributed by atoms with van der Waals surface area (Å²) >= 11 is 5.62. The molecule has 0 aliphatic rings. The van der Waals surface area contributed by atoms with Gasteiger partial charge < -0.3 is 10.8 Å². The van der Waals surface area contributed by atoms with Crippen molar-refractivity contribution >= 4 is 27.1 Å². The maximum absolute atomic E-state index is 11.1. The predicted molar refractivity (Wildman–Crippen MR) is 60.3 cm³/mol. The monoisotopic (exact) mass is 249 g/mol. The van der Waals surface area contributed by atoms with Crippen molar-refractivity contribution in [2.75, 3.05) is 12.0 Å². The van der Waals surface area contributed by atoms with Crippen molar-refractivity contribution in [1.82, 2.24) is 0 Å². The molecule has 1 rings (SSSR count). The summed E-state index contributed by atoms with van der Waals surface area (Å²) < 4.78 is 20.9. The van der Waals surface area contributed by atoms with E-state index in [0.29, 0.717) is 11.3 Å². The van der Waals surface area contributed by atoms with E-state index in [1.165, 1.54) is 6.07 Å². The van der Waals surface area contributed by atoms with Crippen molar-refractivity contribution < 1.29 is 13.5 Å². The second-order valence-corrected chi connectivity index (χ2v) is 6.19. The van der Waals surface area contributed by atoms with Crippen LogP contribution in [-0.4, -0.2) is 24.5 Å². The van der Waals surface area contributed by atoms with Crippen LogP contribution in [-0.2, 0) is 9.84 Å². The molecule has 0 heterocycles. The standard InChI is InChI=1S/C9H12ClNO3S/c1-15(13,14)9(10)8(12)6-3-2-4-7(11)5-6/h2-5,8-9,12H,11H2,1H3/t8-,9+/m0/s1. The Bertz CT molecular complexity index is 446. The van der Waals surface area contributed by atoms with E-state index in [4.69, 9.17) is 17.3 Å². The first-order chi connectivity index (χ1) is 6.82. The van der Waals surface area contributed by atoms with E-state index in [9.17, 15) is 13.5 Å². The quantitative estimate of drug-likeness (QED) is 0.616. The maximum Gasteiger partial charge on any atom is 0.167 e. The molecule has 0 radical (unpaired) electrons. The van der Waals surface area contributed by atoms with Gasteiger partial charge in [0.25, 0.3) is 0 Å². The molecule has 1 aromatic carbocycles. The highest BCUT2D eigenvalue weighted by Gasteiger charge is 2.27. The summed E-state index contributed by atoms with van der Waals surface area (Å²) in [6, 6.07) is 6.33. The zero-order chi connectivity index (χ0) is 11.6. The number of benzene rings is 1. The average Bonchev–Trinajstić information content (AvgIpc) is 2.14. The van der Waals surface area contributed by atoms with Gasteiger partial charge in [-0.1, -0.05) is 12.1 Å². The third-order valence-electron chi connectivity index (χ3n) is 1.91. The third kappa shape index (κ3) is 3.09. The molecule has 2 atom stereocenters. The lowest BCUT2D eigenvalue weighted by Gasteiger charge is -2.15. The largest absolute Gasteiger partial charge is 0.399 e. The van der Waals surface area contributed by atoms with Gasteiger partial charge in [0, 0.05) is 11.9 Å². The molecule has 0 spiro atoms. The Hall–Kier alpha value is -0.780. The summed E-state index contributed by atoms with van der Waals surface area (Å²) in [6.07, 6.45) is -0.301. The molecular weight excluding hydrogens is 238 g/mol. The van der Waals surface area contributed by atoms with Crippen molar-refractivity contribution in [3.05, 3.63) is 29.8 Å². The molecule has 0 saturated carbocycles. The van der Waals surface area contributed by atoms with Gasteiger partial charge in [0.05, 0.1) is 0 Å². The normalized spacial score (nSPS) is 15.9. The number of alkyl halides is 1. The zero-order valence-electron chi connectivity index (χ0n) is 8.09. The molecule has 3 N–H and O–H groups in total. The summed E-state index contributed by atoms with van der Waals surface area (Å²) in [4.78, 5) is 0. The Morgan fingerprint density at radius 1 is 1.47 bits per heavy atom. The Morgan fingerprint density at radius 2 is 2.07 bits per heavy atom. The van der Waals surface area contributed by atoms with Gasteiger partial charge in [0.15, 0.2) is 14.5 Å². The molecule has 0 aromatic heterocycles. The van der Waals surface area contributed by atoms with Gasteiger partial charge in [-0.3, -0.25) is 0 Å². The summed E-state index contributed by atoms with van der Waals surface area (Å²) in [5, 5.41) is 9.68. The smallest absolute Gasteiger partial charge is 0.167 e. The number of nitrogens with two attached hydrogens (primary N) is 1. The van der Waals surface area contributed by atoms with Gasteiger partial charge in [-0.15, -0.1) is 11.6 Å². The van der Waals surface area contributed by atoms with E-state index in [1.807, 2.05) is 0 Å². The fraction of sp³-hybridized carbons (Fsp3) is 0.333. The first-order valence-electron chi connectivity index (χ1n) is 4.19. The van der Waals surface area contributed by atoms with E-state index < -0.39 is 20.7 Å². The lowest BCUT2D eigenvalue weighted by Crippen LogP contribution is -2.21. The van der Waals surface area contributed by atoms with Crippen molar-refractivity contribution in [2.45, 2.75) is 10.8 Å². The number of hydrogen-bond acceptors (Lipinski definition) is 4. The van der Waals surface area contributed by atoms with Crippen molar-refractivity contribution in [1.29, 1.82) is 0 Å². The van der Waals surface area contributed by atoms with Gasteiger partial charge in [0.1, 0.15) is 6.10 Å². The third-order valence-corrected chi connectivity index (χ3v) is 4.19. The van der Waals surface area contributed by atoms with Crippen LogP contribution in [0.4, 0.5) is 5.69 Å². The van der Waals surface area contributed by atoms with Crippen molar-refractivity contribution in [3.8, 4) is 0 Å². The van der Waals surface area contributed by atoms with Gasteiger partial charge in [-0.25, -0.2) is 8.42 Å². The molecule has 0 fully saturated rings. The lowest BCUT2D eigenvalue weighted by molar-refractivity contribution is 0.192. The molecule has 84 valence electrons. The zero-order valence-corrected chi connectivity index (χ0v) is 9.66. The number of hydrogen-bond donors (Lipinski definition) is 2. The van der Waals surface area contributed by atoms with Gasteiger partial charge >= 0.3 is 0 Å². The number of nitrogen functional groups attached to an aromatic ring is 1. The van der Waals surface area contributed by atoms with Crippen LogP contribution in [0.5, 0.6) is 0 Å². The Morgan fingerprint density at radius 3 is 2.53 bits per heavy atom. The highest BCUT2D eigenvalue weighted by Crippen LogP contribution is 2.25. The van der Waals surface area contributed by atoms with E-state index in [0.717, 1.165) is 6.26 Å². The molecule has 0 bridgehead atoms. The van der Waals surface area contributed by atoms with E-state index >= 15 is 0 Å². The molecular formula is C9H12ClNO3S. The number of aliphatic hydroxyl groups excluding tert-OH is 1. The fourth-order valence-electron chi connectivity index (χ4n) is 1.13. The molecule has 4 nitrogen and oxygen atoms in total. The first-order valence-corrected chi connectivity index (χ1v) is 6.58. The highest BCUT2D eigenvalue weighted by atomic mass is 35.5. The average molecular weight is 250 g/mol. The Labute approximate surface area is 93.6 Å². The van der Waals surface area contributed by atoms with Crippen molar-refractivity contribution in [3.63, 3.8) is 0 Å². The second-order valence-electron chi connectivity index (χ2n) is 3.30. The minimum atomic E-state index is -3.49. The SMILES string of the molecule is CS(=O)(=O)[C@@H](Cl)[C@@H](O)c1cccc(N)c1. The van der Waals surface area contributed by atoms with E-state index in [-0.39, 0.29) is 0 Å². The van der Waals surface area contributed by atoms with Crippen LogP contribution in [0.25, 0.3) is 0 Å². The van der Waals surface area contributed by atoms with E-state index in [1.54, 1.807) is 18.2 Å². The predicted octanol–water partition coefficient (Wildman–Crippen LogP) is 0.912. The lowest BCUT2D eigenvalue weighted by atomic mass is 10.1. The van der Waals surface area contributed by atoms with Gasteiger partial charge in [-0.05, 0) is 17.7 Å². The Kier molecular flexibility index (Phi) is 3.59. The molecule has 15 heavy (non-hydrogen) atoms. The number of aliphatic hydroxyl groups is 1. The van der Waals surface area contributed by atoms with Gasteiger partial charge in [0.2, 0.25) is 0 Å². The maximum atomic E-state index is 11.1. The first kappa shape index (κ1) is 12.3. The minimum Gasteiger partial charge on any atom is -0.399 e. The molecule has 1 aromatic rings. The van der Waals surface area contributed by atoms with Crippen LogP contribution < -0.4 is 5.73 Å². The number of sulfone groups is 1. The topological polar surface area (TPSA) is 80.4 Å². The second kappa shape index (κ2) is 4.38. The Balaban J connectivity index is 3.00. The van der Waals surface area contributed by atoms with Crippen LogP contribution in [0.1, 0.15) is 11.7 Å². The van der Waals surface area contributed by atoms with Crippen LogP contribution in [0, 0.1) is 0 Å². The van der Waals surface area contributed by atoms with Crippen LogP contribution >= 0.6 is 11.6 Å². The number of halogens is 1. The molecule has 0 aliphatic heterocycles.